The molecule has 0 aromatic heterocycles. The minimum absolute atomic E-state index is 0.187. The van der Waals surface area contributed by atoms with Crippen LogP contribution in [0.3, 0.4) is 0 Å². The highest BCUT2D eigenvalue weighted by atomic mass is 32.2. The second-order valence-electron chi connectivity index (χ2n) is 3.10. The van der Waals surface area contributed by atoms with Gasteiger partial charge in [0.1, 0.15) is 5.82 Å². The lowest BCUT2D eigenvalue weighted by Crippen LogP contribution is -1.89. The van der Waals surface area contributed by atoms with E-state index in [-0.39, 0.29) is 11.5 Å². The number of hydrogen-bond donors (Lipinski definition) is 1. The predicted octanol–water partition coefficient (Wildman–Crippen LogP) is 3.56. The summed E-state index contributed by atoms with van der Waals surface area (Å²) in [5.41, 5.74) is 5.59. The molecule has 15 heavy (non-hydrogen) atoms. The van der Waals surface area contributed by atoms with Crippen LogP contribution in [0.25, 0.3) is 0 Å². The van der Waals surface area contributed by atoms with Gasteiger partial charge < -0.3 is 5.73 Å². The molecule has 0 heterocycles. The molecular weight excluding hydrogens is 209 g/mol. The molecule has 0 aliphatic heterocycles. The quantitative estimate of drug-likeness (QED) is 0.781. The highest BCUT2D eigenvalue weighted by molar-refractivity contribution is 7.99. The molecule has 0 aliphatic rings. The first-order valence-electron chi connectivity index (χ1n) is 4.53. The second-order valence-corrected chi connectivity index (χ2v) is 4.25. The molecule has 0 spiro atoms. The summed E-state index contributed by atoms with van der Waals surface area (Å²) >= 11 is 1.51. The zero-order valence-electron chi connectivity index (χ0n) is 7.98. The maximum absolute atomic E-state index is 13.1. The molecule has 76 valence electrons. The van der Waals surface area contributed by atoms with Crippen LogP contribution in [0.1, 0.15) is 0 Å². The molecule has 0 atom stereocenters. The van der Waals surface area contributed by atoms with Crippen LogP contribution in [-0.4, -0.2) is 0 Å². The Labute approximate surface area is 92.1 Å². The normalized spacial score (nSPS) is 10.2. The van der Waals surface area contributed by atoms with Crippen LogP contribution in [0.5, 0.6) is 0 Å². The van der Waals surface area contributed by atoms with Crippen LogP contribution in [-0.2, 0) is 0 Å². The van der Waals surface area contributed by atoms with E-state index in [1.165, 1.54) is 17.8 Å². The van der Waals surface area contributed by atoms with Crippen molar-refractivity contribution in [3.8, 4) is 0 Å². The van der Waals surface area contributed by atoms with Crippen molar-refractivity contribution >= 4 is 17.4 Å². The van der Waals surface area contributed by atoms with Crippen molar-refractivity contribution in [1.82, 2.24) is 0 Å². The standard InChI is InChI=1S/C12H10FNS/c13-11-8-10(6-7-12(11)14)15-9-4-2-1-3-5-9/h1-8H,14H2. The van der Waals surface area contributed by atoms with Crippen LogP contribution in [0.15, 0.2) is 58.3 Å². The van der Waals surface area contributed by atoms with Gasteiger partial charge in [-0.2, -0.15) is 0 Å². The third-order valence-corrected chi connectivity index (χ3v) is 2.95. The number of halogens is 1. The molecule has 0 saturated heterocycles. The SMILES string of the molecule is Nc1ccc(Sc2ccccc2)cc1F. The van der Waals surface area contributed by atoms with Crippen molar-refractivity contribution in [3.05, 3.63) is 54.3 Å². The van der Waals surface area contributed by atoms with Crippen LogP contribution in [0, 0.1) is 5.82 Å². The van der Waals surface area contributed by atoms with E-state index in [2.05, 4.69) is 0 Å². The van der Waals surface area contributed by atoms with Gasteiger partial charge in [0.2, 0.25) is 0 Å². The Balaban J connectivity index is 2.22. The molecular formula is C12H10FNS. The third kappa shape index (κ3) is 2.50. The van der Waals surface area contributed by atoms with Gasteiger partial charge >= 0.3 is 0 Å². The summed E-state index contributed by atoms with van der Waals surface area (Å²) in [5.74, 6) is -0.365. The second kappa shape index (κ2) is 4.36. The zero-order chi connectivity index (χ0) is 10.7. The summed E-state index contributed by atoms with van der Waals surface area (Å²) in [4.78, 5) is 1.94. The average molecular weight is 219 g/mol. The highest BCUT2D eigenvalue weighted by Gasteiger charge is 2.01. The summed E-state index contributed by atoms with van der Waals surface area (Å²) in [6.07, 6.45) is 0. The molecule has 3 heteroatoms. The number of rotatable bonds is 2. The van der Waals surface area contributed by atoms with E-state index in [0.29, 0.717) is 0 Å². The number of nitrogens with two attached hydrogens (primary N) is 1. The van der Waals surface area contributed by atoms with E-state index in [0.717, 1.165) is 9.79 Å². The minimum atomic E-state index is -0.365. The Kier molecular flexibility index (Phi) is 2.92. The summed E-state index contributed by atoms with van der Waals surface area (Å²) in [5, 5.41) is 0. The van der Waals surface area contributed by atoms with Gasteiger partial charge in [-0.25, -0.2) is 4.39 Å². The topological polar surface area (TPSA) is 26.0 Å². The number of anilines is 1. The van der Waals surface area contributed by atoms with Crippen LogP contribution in [0.4, 0.5) is 10.1 Å². The van der Waals surface area contributed by atoms with E-state index < -0.39 is 0 Å². The molecule has 0 saturated carbocycles. The van der Waals surface area contributed by atoms with E-state index in [1.807, 2.05) is 36.4 Å². The van der Waals surface area contributed by atoms with Crippen LogP contribution < -0.4 is 5.73 Å². The van der Waals surface area contributed by atoms with Crippen molar-refractivity contribution < 1.29 is 4.39 Å². The zero-order valence-corrected chi connectivity index (χ0v) is 8.80. The first-order chi connectivity index (χ1) is 7.25. The monoisotopic (exact) mass is 219 g/mol. The summed E-state index contributed by atoms with van der Waals surface area (Å²) in [7, 11) is 0. The Hall–Kier alpha value is -1.48. The van der Waals surface area contributed by atoms with Gasteiger partial charge in [0, 0.05) is 9.79 Å². The summed E-state index contributed by atoms with van der Waals surface area (Å²) in [6, 6.07) is 14.7. The number of nitrogen functional groups attached to an aromatic ring is 1. The molecule has 2 rings (SSSR count). The molecule has 0 unspecified atom stereocenters. The van der Waals surface area contributed by atoms with Crippen molar-refractivity contribution in [2.24, 2.45) is 0 Å². The van der Waals surface area contributed by atoms with Gasteiger partial charge in [0.25, 0.3) is 0 Å². The maximum atomic E-state index is 13.1. The Morgan fingerprint density at radius 3 is 2.33 bits per heavy atom. The largest absolute Gasteiger partial charge is 0.396 e. The Bertz CT molecular complexity index is 456. The molecule has 2 N–H and O–H groups in total. The average Bonchev–Trinajstić information content (AvgIpc) is 2.25. The van der Waals surface area contributed by atoms with E-state index in [1.54, 1.807) is 6.07 Å². The van der Waals surface area contributed by atoms with Crippen LogP contribution in [0.2, 0.25) is 0 Å². The first-order valence-corrected chi connectivity index (χ1v) is 5.35. The van der Waals surface area contributed by atoms with Crippen molar-refractivity contribution in [2.75, 3.05) is 5.73 Å². The summed E-state index contributed by atoms with van der Waals surface area (Å²) in [6.45, 7) is 0. The molecule has 0 bridgehead atoms. The summed E-state index contributed by atoms with van der Waals surface area (Å²) < 4.78 is 13.1. The molecule has 0 radical (unpaired) electrons. The van der Waals surface area contributed by atoms with Crippen molar-refractivity contribution in [2.45, 2.75) is 9.79 Å². The third-order valence-electron chi connectivity index (χ3n) is 1.95. The van der Waals surface area contributed by atoms with Gasteiger partial charge in [-0.1, -0.05) is 30.0 Å². The van der Waals surface area contributed by atoms with Crippen molar-refractivity contribution in [1.29, 1.82) is 0 Å². The Morgan fingerprint density at radius 2 is 1.67 bits per heavy atom. The Morgan fingerprint density at radius 1 is 0.933 bits per heavy atom. The van der Waals surface area contributed by atoms with Crippen LogP contribution >= 0.6 is 11.8 Å². The predicted molar refractivity (Wildman–Crippen MR) is 61.4 cm³/mol. The van der Waals surface area contributed by atoms with Gasteiger partial charge in [0.05, 0.1) is 5.69 Å². The molecule has 2 aromatic carbocycles. The smallest absolute Gasteiger partial charge is 0.147 e. The molecule has 2 aromatic rings. The lowest BCUT2D eigenvalue weighted by atomic mass is 10.3. The number of benzene rings is 2. The molecule has 0 amide bonds. The van der Waals surface area contributed by atoms with Gasteiger partial charge in [-0.3, -0.25) is 0 Å². The van der Waals surface area contributed by atoms with Gasteiger partial charge in [-0.05, 0) is 30.3 Å². The highest BCUT2D eigenvalue weighted by Crippen LogP contribution is 2.28. The fraction of sp³-hybridized carbons (Fsp3) is 0. The van der Waals surface area contributed by atoms with E-state index >= 15 is 0 Å². The molecule has 0 fully saturated rings. The fourth-order valence-electron chi connectivity index (χ4n) is 1.20. The lowest BCUT2D eigenvalue weighted by Gasteiger charge is -2.02. The minimum Gasteiger partial charge on any atom is -0.396 e. The van der Waals surface area contributed by atoms with Crippen molar-refractivity contribution in [3.63, 3.8) is 0 Å². The van der Waals surface area contributed by atoms with Gasteiger partial charge in [0.15, 0.2) is 0 Å². The van der Waals surface area contributed by atoms with Gasteiger partial charge in [-0.15, -0.1) is 0 Å². The van der Waals surface area contributed by atoms with E-state index in [4.69, 9.17) is 5.73 Å². The van der Waals surface area contributed by atoms with E-state index in [9.17, 15) is 4.39 Å². The number of hydrogen-bond acceptors (Lipinski definition) is 2. The molecule has 0 aliphatic carbocycles. The lowest BCUT2D eigenvalue weighted by molar-refractivity contribution is 0.629. The fourth-order valence-corrected chi connectivity index (χ4v) is 2.06. The maximum Gasteiger partial charge on any atom is 0.147 e. The molecule has 1 nitrogen and oxygen atoms in total. The first kappa shape index (κ1) is 10.1.